The Labute approximate surface area is 209 Å². The second kappa shape index (κ2) is 8.83. The van der Waals surface area contributed by atoms with Crippen LogP contribution in [0.1, 0.15) is 41.8 Å². The fraction of sp³-hybridized carbons (Fsp3) is 0.357. The average molecular weight is 491 g/mol. The third-order valence-corrected chi connectivity index (χ3v) is 7.46. The molecule has 2 heterocycles. The van der Waals surface area contributed by atoms with E-state index < -0.39 is 0 Å². The van der Waals surface area contributed by atoms with Gasteiger partial charge in [0.1, 0.15) is 17.4 Å². The zero-order chi connectivity index (χ0) is 24.1. The molecule has 7 heteroatoms. The molecule has 0 radical (unpaired) electrons. The number of benzene rings is 2. The van der Waals surface area contributed by atoms with Gasteiger partial charge in [0, 0.05) is 29.9 Å². The Balaban J connectivity index is 1.53. The van der Waals surface area contributed by atoms with Crippen LogP contribution in [0.25, 0.3) is 16.8 Å². The zero-order valence-corrected chi connectivity index (χ0v) is 20.8. The van der Waals surface area contributed by atoms with Crippen molar-refractivity contribution in [1.29, 1.82) is 0 Å². The summed E-state index contributed by atoms with van der Waals surface area (Å²) in [5.41, 5.74) is 7.12. The minimum absolute atomic E-state index is 0.210. The maximum Gasteiger partial charge on any atom is 0.165 e. The molecule has 0 saturated heterocycles. The first-order valence-corrected chi connectivity index (χ1v) is 12.6. The molecule has 180 valence electrons. The lowest BCUT2D eigenvalue weighted by Crippen LogP contribution is -2.29. The number of hydrogen-bond donors (Lipinski definition) is 0. The average Bonchev–Trinajstić information content (AvgIpc) is 3.44. The first-order valence-electron chi connectivity index (χ1n) is 12.3. The van der Waals surface area contributed by atoms with E-state index in [1.165, 1.54) is 18.4 Å². The third-order valence-electron chi connectivity index (χ3n) is 7.14. The minimum Gasteiger partial charge on any atom is -0.497 e. The molecule has 1 saturated carbocycles. The predicted octanol–water partition coefficient (Wildman–Crippen LogP) is 6.41. The summed E-state index contributed by atoms with van der Waals surface area (Å²) in [6, 6.07) is 12.6. The highest BCUT2D eigenvalue weighted by Crippen LogP contribution is 2.40. The summed E-state index contributed by atoms with van der Waals surface area (Å²) in [5.74, 6) is 2.32. The summed E-state index contributed by atoms with van der Waals surface area (Å²) in [6.07, 6.45) is 5.55. The van der Waals surface area contributed by atoms with E-state index in [2.05, 4.69) is 4.90 Å². The molecule has 6 rings (SSSR count). The Morgan fingerprint density at radius 2 is 1.94 bits per heavy atom. The van der Waals surface area contributed by atoms with E-state index in [1.54, 1.807) is 19.2 Å². The van der Waals surface area contributed by atoms with Gasteiger partial charge in [-0.2, -0.15) is 9.61 Å². The zero-order valence-electron chi connectivity index (χ0n) is 20.0. The lowest BCUT2D eigenvalue weighted by atomic mass is 10.1. The van der Waals surface area contributed by atoms with Crippen LogP contribution in [0.5, 0.6) is 5.75 Å². The van der Waals surface area contributed by atoms with Crippen molar-refractivity contribution in [2.45, 2.75) is 45.6 Å². The fourth-order valence-corrected chi connectivity index (χ4v) is 5.49. The van der Waals surface area contributed by atoms with Crippen LogP contribution in [-0.2, 0) is 19.4 Å². The quantitative estimate of drug-likeness (QED) is 0.300. The van der Waals surface area contributed by atoms with E-state index in [-0.39, 0.29) is 5.82 Å². The van der Waals surface area contributed by atoms with Gasteiger partial charge in [0.25, 0.3) is 0 Å². The number of fused-ring (bicyclic) bond motifs is 2. The maximum absolute atomic E-state index is 13.6. The standard InChI is InChI=1S/C28H28ClFN4O/c1-17-26(22-13-12-21(35-2)14-24(22)29)27-31-25-5-3-4-23(25)28(34(27)32-17)33(15-18-6-7-18)16-19-8-10-20(30)11-9-19/h8-14,18H,3-7,15-16H2,1-2H3. The lowest BCUT2D eigenvalue weighted by molar-refractivity contribution is 0.415. The minimum atomic E-state index is -0.210. The molecule has 0 amide bonds. The van der Waals surface area contributed by atoms with Gasteiger partial charge in [-0.15, -0.1) is 0 Å². The molecular weight excluding hydrogens is 463 g/mol. The highest BCUT2D eigenvalue weighted by atomic mass is 35.5. The summed E-state index contributed by atoms with van der Waals surface area (Å²) in [4.78, 5) is 7.57. The van der Waals surface area contributed by atoms with Gasteiger partial charge in [0.2, 0.25) is 0 Å². The molecule has 0 aliphatic heterocycles. The second-order valence-corrected chi connectivity index (χ2v) is 10.1. The molecular formula is C28H28ClFN4O. The van der Waals surface area contributed by atoms with Crippen LogP contribution in [0.2, 0.25) is 5.02 Å². The molecule has 2 aromatic heterocycles. The summed E-state index contributed by atoms with van der Waals surface area (Å²) >= 11 is 6.70. The summed E-state index contributed by atoms with van der Waals surface area (Å²) in [6.45, 7) is 3.69. The third kappa shape index (κ3) is 4.14. The van der Waals surface area contributed by atoms with Crippen LogP contribution in [0.4, 0.5) is 10.2 Å². The molecule has 4 aromatic rings. The van der Waals surface area contributed by atoms with Crippen molar-refractivity contribution in [3.05, 3.63) is 75.8 Å². The van der Waals surface area contributed by atoms with Crippen molar-refractivity contribution in [3.8, 4) is 16.9 Å². The van der Waals surface area contributed by atoms with Crippen LogP contribution in [-0.4, -0.2) is 28.3 Å². The lowest BCUT2D eigenvalue weighted by Gasteiger charge is -2.28. The van der Waals surface area contributed by atoms with Gasteiger partial charge in [-0.3, -0.25) is 0 Å². The van der Waals surface area contributed by atoms with E-state index in [0.29, 0.717) is 17.5 Å². The molecule has 0 atom stereocenters. The van der Waals surface area contributed by atoms with Gasteiger partial charge in [-0.1, -0.05) is 23.7 Å². The number of anilines is 1. The molecule has 2 aliphatic carbocycles. The molecule has 1 fully saturated rings. The summed E-state index contributed by atoms with van der Waals surface area (Å²) in [5, 5.41) is 5.64. The number of ether oxygens (including phenoxy) is 1. The Hall–Kier alpha value is -3.12. The Morgan fingerprint density at radius 1 is 1.14 bits per heavy atom. The van der Waals surface area contributed by atoms with Crippen molar-refractivity contribution in [3.63, 3.8) is 0 Å². The first-order chi connectivity index (χ1) is 17.0. The molecule has 35 heavy (non-hydrogen) atoms. The Morgan fingerprint density at radius 3 is 2.66 bits per heavy atom. The topological polar surface area (TPSA) is 42.7 Å². The van der Waals surface area contributed by atoms with Gasteiger partial charge in [-0.05, 0) is 80.8 Å². The van der Waals surface area contributed by atoms with Gasteiger partial charge in [-0.25, -0.2) is 9.37 Å². The number of halogens is 2. The number of methoxy groups -OCH3 is 1. The molecule has 2 aliphatic rings. The van der Waals surface area contributed by atoms with Crippen molar-refractivity contribution < 1.29 is 9.13 Å². The predicted molar refractivity (Wildman–Crippen MR) is 137 cm³/mol. The van der Waals surface area contributed by atoms with Gasteiger partial charge in [0.15, 0.2) is 5.65 Å². The van der Waals surface area contributed by atoms with E-state index in [1.807, 2.05) is 41.8 Å². The van der Waals surface area contributed by atoms with Crippen LogP contribution in [0, 0.1) is 18.7 Å². The van der Waals surface area contributed by atoms with Crippen LogP contribution < -0.4 is 9.64 Å². The van der Waals surface area contributed by atoms with Crippen molar-refractivity contribution in [2.24, 2.45) is 5.92 Å². The Bertz CT molecular complexity index is 1410. The normalized spacial score (nSPS) is 15.0. The molecule has 0 spiro atoms. The van der Waals surface area contributed by atoms with E-state index in [0.717, 1.165) is 71.1 Å². The van der Waals surface area contributed by atoms with E-state index >= 15 is 0 Å². The van der Waals surface area contributed by atoms with Gasteiger partial charge < -0.3 is 9.64 Å². The van der Waals surface area contributed by atoms with Crippen molar-refractivity contribution >= 4 is 23.1 Å². The highest BCUT2D eigenvalue weighted by Gasteiger charge is 2.31. The number of aryl methyl sites for hydroxylation is 2. The van der Waals surface area contributed by atoms with E-state index in [4.69, 9.17) is 26.4 Å². The molecule has 0 bridgehead atoms. The van der Waals surface area contributed by atoms with Crippen LogP contribution in [0.3, 0.4) is 0 Å². The molecule has 0 N–H and O–H groups in total. The van der Waals surface area contributed by atoms with Crippen LogP contribution in [0.15, 0.2) is 42.5 Å². The Kier molecular flexibility index (Phi) is 5.64. The fourth-order valence-electron chi connectivity index (χ4n) is 5.23. The molecule has 0 unspecified atom stereocenters. The largest absolute Gasteiger partial charge is 0.497 e. The monoisotopic (exact) mass is 490 g/mol. The number of rotatable bonds is 7. The molecule has 2 aromatic carbocycles. The van der Waals surface area contributed by atoms with Gasteiger partial charge in [0.05, 0.1) is 23.4 Å². The van der Waals surface area contributed by atoms with Crippen LogP contribution >= 0.6 is 11.6 Å². The van der Waals surface area contributed by atoms with Crippen molar-refractivity contribution in [2.75, 3.05) is 18.6 Å². The second-order valence-electron chi connectivity index (χ2n) is 9.71. The first kappa shape index (κ1) is 22.4. The smallest absolute Gasteiger partial charge is 0.165 e. The highest BCUT2D eigenvalue weighted by molar-refractivity contribution is 6.33. The maximum atomic E-state index is 13.6. The van der Waals surface area contributed by atoms with Gasteiger partial charge >= 0.3 is 0 Å². The number of hydrogen-bond acceptors (Lipinski definition) is 4. The SMILES string of the molecule is COc1ccc(-c2c(C)nn3c(N(Cc4ccc(F)cc4)CC4CC4)c4c(nc23)CCC4)c(Cl)c1. The van der Waals surface area contributed by atoms with Crippen molar-refractivity contribution in [1.82, 2.24) is 14.6 Å². The number of nitrogens with zero attached hydrogens (tertiary/aromatic N) is 4. The molecule has 5 nitrogen and oxygen atoms in total. The summed E-state index contributed by atoms with van der Waals surface area (Å²) in [7, 11) is 1.64. The summed E-state index contributed by atoms with van der Waals surface area (Å²) < 4.78 is 21.0. The number of aromatic nitrogens is 3. The van der Waals surface area contributed by atoms with E-state index in [9.17, 15) is 4.39 Å².